The number of carbonyl (C=O) groups is 1. The first-order chi connectivity index (χ1) is 13.0. The molecule has 3 aromatic heterocycles. The minimum absolute atomic E-state index is 0.00757. The fourth-order valence-corrected chi connectivity index (χ4v) is 5.02. The summed E-state index contributed by atoms with van der Waals surface area (Å²) in [5, 5.41) is 3.93. The Hall–Kier alpha value is -2.48. The van der Waals surface area contributed by atoms with Crippen LogP contribution in [-0.2, 0) is 4.79 Å². The fourth-order valence-electron chi connectivity index (χ4n) is 3.97. The van der Waals surface area contributed by atoms with Gasteiger partial charge >= 0.3 is 0 Å². The van der Waals surface area contributed by atoms with Gasteiger partial charge in [0.1, 0.15) is 9.53 Å². The maximum Gasteiger partial charge on any atom is 0.271 e. The van der Waals surface area contributed by atoms with Gasteiger partial charge in [-0.15, -0.1) is 11.3 Å². The van der Waals surface area contributed by atoms with E-state index in [2.05, 4.69) is 15.3 Å². The molecule has 4 rings (SSSR count). The summed E-state index contributed by atoms with van der Waals surface area (Å²) in [6.07, 6.45) is 6.96. The van der Waals surface area contributed by atoms with Crippen LogP contribution in [0.3, 0.4) is 0 Å². The molecular weight excluding hydrogens is 362 g/mol. The van der Waals surface area contributed by atoms with Gasteiger partial charge in [-0.3, -0.25) is 14.2 Å². The molecule has 0 radical (unpaired) electrons. The summed E-state index contributed by atoms with van der Waals surface area (Å²) in [6.45, 7) is 1.55. The van der Waals surface area contributed by atoms with Crippen LogP contribution < -0.4 is 15.8 Å². The van der Waals surface area contributed by atoms with Crippen molar-refractivity contribution >= 4 is 43.4 Å². The van der Waals surface area contributed by atoms with Crippen molar-refractivity contribution in [3.8, 4) is 0 Å². The van der Waals surface area contributed by atoms with E-state index in [0.717, 1.165) is 47.1 Å². The number of nitrogens with zero attached hydrogens (tertiary/aromatic N) is 4. The van der Waals surface area contributed by atoms with Crippen molar-refractivity contribution in [2.45, 2.75) is 44.7 Å². The Bertz CT molecular complexity index is 1060. The lowest BCUT2D eigenvalue weighted by molar-refractivity contribution is -0.119. The second-order valence-corrected chi connectivity index (χ2v) is 8.35. The highest BCUT2D eigenvalue weighted by Gasteiger charge is 2.25. The van der Waals surface area contributed by atoms with Crippen molar-refractivity contribution in [3.63, 3.8) is 0 Å². The first kappa shape index (κ1) is 17.9. The first-order valence-electron chi connectivity index (χ1n) is 9.18. The Morgan fingerprint density at radius 1 is 1.26 bits per heavy atom. The summed E-state index contributed by atoms with van der Waals surface area (Å²) in [5.41, 5.74) is 1.77. The number of hydrogen-bond acceptors (Lipinski definition) is 6. The van der Waals surface area contributed by atoms with Crippen LogP contribution in [0.2, 0.25) is 0 Å². The van der Waals surface area contributed by atoms with E-state index < -0.39 is 0 Å². The van der Waals surface area contributed by atoms with E-state index in [1.807, 2.05) is 25.1 Å². The molecule has 0 aromatic carbocycles. The Morgan fingerprint density at radius 3 is 2.67 bits per heavy atom. The van der Waals surface area contributed by atoms with Gasteiger partial charge in [-0.2, -0.15) is 0 Å². The smallest absolute Gasteiger partial charge is 0.271 e. The molecule has 0 saturated heterocycles. The van der Waals surface area contributed by atoms with Crippen molar-refractivity contribution in [3.05, 3.63) is 28.9 Å². The highest BCUT2D eigenvalue weighted by Crippen LogP contribution is 2.36. The second kappa shape index (κ2) is 6.92. The number of pyridine rings is 1. The number of aromatic nitrogens is 3. The molecule has 0 bridgehead atoms. The molecule has 1 N–H and O–H groups in total. The zero-order valence-electron chi connectivity index (χ0n) is 15.7. The highest BCUT2D eigenvalue weighted by atomic mass is 32.1. The predicted octanol–water partition coefficient (Wildman–Crippen LogP) is 2.69. The molecular formula is C19H23N5O2S. The van der Waals surface area contributed by atoms with Gasteiger partial charge in [0.2, 0.25) is 5.91 Å². The summed E-state index contributed by atoms with van der Waals surface area (Å²) in [6, 6.07) is 2.29. The fraction of sp³-hybridized carbons (Fsp3) is 0.474. The van der Waals surface area contributed by atoms with E-state index in [9.17, 15) is 9.59 Å². The van der Waals surface area contributed by atoms with Crippen LogP contribution in [0, 0.1) is 0 Å². The molecule has 7 nitrogen and oxygen atoms in total. The molecule has 3 aromatic rings. The van der Waals surface area contributed by atoms with E-state index in [4.69, 9.17) is 0 Å². The summed E-state index contributed by atoms with van der Waals surface area (Å²) >= 11 is 1.42. The third kappa shape index (κ3) is 3.18. The Balaban J connectivity index is 1.72. The molecule has 1 fully saturated rings. The number of nitrogens with one attached hydrogen (secondary N) is 1. The number of anilines is 1. The SMILES string of the molecule is CC(=O)NC1CCC(n2cnc3c(sc4nccc(N(C)C)c43)c2=O)CC1. The second-order valence-electron chi connectivity index (χ2n) is 7.35. The Labute approximate surface area is 161 Å². The molecule has 0 unspecified atom stereocenters. The average molecular weight is 385 g/mol. The number of rotatable bonds is 3. The van der Waals surface area contributed by atoms with Crippen molar-refractivity contribution < 1.29 is 4.79 Å². The topological polar surface area (TPSA) is 80.1 Å². The number of carbonyl (C=O) groups excluding carboxylic acids is 1. The van der Waals surface area contributed by atoms with E-state index in [1.165, 1.54) is 11.3 Å². The molecule has 1 aliphatic carbocycles. The molecule has 1 aliphatic rings. The molecule has 1 saturated carbocycles. The zero-order chi connectivity index (χ0) is 19.1. The van der Waals surface area contributed by atoms with Crippen LogP contribution in [0.5, 0.6) is 0 Å². The summed E-state index contributed by atoms with van der Waals surface area (Å²) in [5.74, 6) is 0.00757. The number of fused-ring (bicyclic) bond motifs is 3. The maximum atomic E-state index is 13.2. The lowest BCUT2D eigenvalue weighted by atomic mass is 9.91. The van der Waals surface area contributed by atoms with Crippen LogP contribution >= 0.6 is 11.3 Å². The van der Waals surface area contributed by atoms with Crippen molar-refractivity contribution in [1.82, 2.24) is 19.9 Å². The highest BCUT2D eigenvalue weighted by molar-refractivity contribution is 7.25. The quantitative estimate of drug-likeness (QED) is 0.750. The van der Waals surface area contributed by atoms with Gasteiger partial charge in [-0.1, -0.05) is 0 Å². The van der Waals surface area contributed by atoms with Crippen LogP contribution in [0.25, 0.3) is 20.4 Å². The van der Waals surface area contributed by atoms with Crippen LogP contribution in [0.1, 0.15) is 38.6 Å². The zero-order valence-corrected chi connectivity index (χ0v) is 16.5. The largest absolute Gasteiger partial charge is 0.377 e. The standard InChI is InChI=1S/C19H23N5O2S/c1-11(25)22-12-4-6-13(7-5-12)24-10-21-16-15-14(23(2)3)8-9-20-18(15)27-17(16)19(24)26/h8-10,12-13H,4-7H2,1-3H3,(H,22,25). The number of amides is 1. The van der Waals surface area contributed by atoms with Gasteiger partial charge in [0.25, 0.3) is 5.56 Å². The third-order valence-corrected chi connectivity index (χ3v) is 6.34. The maximum absolute atomic E-state index is 13.2. The van der Waals surface area contributed by atoms with Crippen LogP contribution in [-0.4, -0.2) is 40.6 Å². The van der Waals surface area contributed by atoms with Crippen molar-refractivity contribution in [1.29, 1.82) is 0 Å². The van der Waals surface area contributed by atoms with Crippen LogP contribution in [0.15, 0.2) is 23.4 Å². The molecule has 3 heterocycles. The van der Waals surface area contributed by atoms with Gasteiger partial charge in [0.05, 0.1) is 22.9 Å². The van der Waals surface area contributed by atoms with Gasteiger partial charge in [-0.05, 0) is 31.7 Å². The summed E-state index contributed by atoms with van der Waals surface area (Å²) in [4.78, 5) is 36.4. The normalized spacial score (nSPS) is 20.1. The number of hydrogen-bond donors (Lipinski definition) is 1. The van der Waals surface area contributed by atoms with Gasteiger partial charge in [0.15, 0.2) is 0 Å². The predicted molar refractivity (Wildman–Crippen MR) is 109 cm³/mol. The Kier molecular flexibility index (Phi) is 4.59. The lowest BCUT2D eigenvalue weighted by Crippen LogP contribution is -2.38. The lowest BCUT2D eigenvalue weighted by Gasteiger charge is -2.29. The number of thiophene rings is 1. The molecule has 0 aliphatic heterocycles. The summed E-state index contributed by atoms with van der Waals surface area (Å²) in [7, 11) is 3.96. The van der Waals surface area contributed by atoms with E-state index in [-0.39, 0.29) is 23.6 Å². The molecule has 27 heavy (non-hydrogen) atoms. The minimum Gasteiger partial charge on any atom is -0.377 e. The summed E-state index contributed by atoms with van der Waals surface area (Å²) < 4.78 is 2.44. The van der Waals surface area contributed by atoms with E-state index >= 15 is 0 Å². The molecule has 1 amide bonds. The first-order valence-corrected chi connectivity index (χ1v) is 10.00. The minimum atomic E-state index is 0.00757. The van der Waals surface area contributed by atoms with E-state index in [1.54, 1.807) is 24.0 Å². The van der Waals surface area contributed by atoms with Gasteiger partial charge < -0.3 is 10.2 Å². The monoisotopic (exact) mass is 385 g/mol. The molecule has 142 valence electrons. The average Bonchev–Trinajstić information content (AvgIpc) is 3.02. The van der Waals surface area contributed by atoms with Gasteiger partial charge in [0, 0.05) is 39.3 Å². The van der Waals surface area contributed by atoms with E-state index in [0.29, 0.717) is 4.70 Å². The molecule has 8 heteroatoms. The van der Waals surface area contributed by atoms with Crippen molar-refractivity contribution in [2.24, 2.45) is 0 Å². The van der Waals surface area contributed by atoms with Crippen LogP contribution in [0.4, 0.5) is 5.69 Å². The molecule has 0 spiro atoms. The molecule has 0 atom stereocenters. The van der Waals surface area contributed by atoms with Gasteiger partial charge in [-0.25, -0.2) is 9.97 Å². The Morgan fingerprint density at radius 2 is 2.00 bits per heavy atom. The van der Waals surface area contributed by atoms with Crippen molar-refractivity contribution in [2.75, 3.05) is 19.0 Å². The third-order valence-electron chi connectivity index (χ3n) is 5.26.